The first-order chi connectivity index (χ1) is 7.42. The van der Waals surface area contributed by atoms with Gasteiger partial charge in [-0.15, -0.1) is 12.4 Å². The number of rotatable bonds is 2. The minimum atomic E-state index is 0. The summed E-state index contributed by atoms with van der Waals surface area (Å²) < 4.78 is 0. The van der Waals surface area contributed by atoms with Crippen LogP contribution >= 0.6 is 12.4 Å². The number of halogens is 1. The first-order valence-corrected chi connectivity index (χ1v) is 6.20. The Morgan fingerprint density at radius 2 is 1.69 bits per heavy atom. The van der Waals surface area contributed by atoms with Crippen LogP contribution in [0.5, 0.6) is 0 Å². The highest BCUT2D eigenvalue weighted by atomic mass is 35.5. The molecule has 2 heterocycles. The highest BCUT2D eigenvalue weighted by Crippen LogP contribution is 2.35. The lowest BCUT2D eigenvalue weighted by Crippen LogP contribution is -2.47. The van der Waals surface area contributed by atoms with E-state index in [-0.39, 0.29) is 12.4 Å². The molecule has 3 fully saturated rings. The Balaban J connectivity index is 0.000000963. The van der Waals surface area contributed by atoms with Gasteiger partial charge in [0.25, 0.3) is 0 Å². The second-order valence-electron chi connectivity index (χ2n) is 5.09. The summed E-state index contributed by atoms with van der Waals surface area (Å²) in [6, 6.07) is 11.8. The Morgan fingerprint density at radius 3 is 2.25 bits per heavy atom. The van der Waals surface area contributed by atoms with Gasteiger partial charge in [0.1, 0.15) is 0 Å². The molecule has 3 aliphatic rings. The SMILES string of the molecule is Cl.c1ccc(CN2CC3CCC2CC3)cc1. The zero-order valence-electron chi connectivity index (χ0n) is 9.64. The molecule has 88 valence electrons. The van der Waals surface area contributed by atoms with Gasteiger partial charge in [-0.25, -0.2) is 0 Å². The predicted octanol–water partition coefficient (Wildman–Crippen LogP) is 3.48. The Hall–Kier alpha value is -0.530. The third-order valence-corrected chi connectivity index (χ3v) is 4.05. The van der Waals surface area contributed by atoms with Crippen LogP contribution in [0.4, 0.5) is 0 Å². The number of nitrogens with zero attached hydrogens (tertiary/aromatic N) is 1. The molecule has 1 aliphatic carbocycles. The van der Waals surface area contributed by atoms with E-state index >= 15 is 0 Å². The van der Waals surface area contributed by atoms with Crippen molar-refractivity contribution in [2.24, 2.45) is 5.92 Å². The molecule has 4 rings (SSSR count). The van der Waals surface area contributed by atoms with E-state index in [0.717, 1.165) is 12.0 Å². The number of hydrogen-bond donors (Lipinski definition) is 0. The predicted molar refractivity (Wildman–Crippen MR) is 69.8 cm³/mol. The van der Waals surface area contributed by atoms with E-state index in [1.54, 1.807) is 0 Å². The summed E-state index contributed by atoms with van der Waals surface area (Å²) in [5.41, 5.74) is 1.48. The Labute approximate surface area is 104 Å². The van der Waals surface area contributed by atoms with Gasteiger partial charge in [-0.1, -0.05) is 30.3 Å². The van der Waals surface area contributed by atoms with Gasteiger partial charge in [0.15, 0.2) is 0 Å². The summed E-state index contributed by atoms with van der Waals surface area (Å²) in [7, 11) is 0. The van der Waals surface area contributed by atoms with Crippen LogP contribution in [0.15, 0.2) is 30.3 Å². The van der Waals surface area contributed by atoms with Gasteiger partial charge in [-0.05, 0) is 37.2 Å². The molecule has 1 aromatic carbocycles. The molecule has 2 saturated heterocycles. The number of piperidine rings is 2. The minimum Gasteiger partial charge on any atom is -0.296 e. The summed E-state index contributed by atoms with van der Waals surface area (Å²) in [6.45, 7) is 2.52. The quantitative estimate of drug-likeness (QED) is 0.761. The summed E-state index contributed by atoms with van der Waals surface area (Å²) in [5, 5.41) is 0. The third-order valence-electron chi connectivity index (χ3n) is 4.05. The molecule has 0 unspecified atom stereocenters. The summed E-state index contributed by atoms with van der Waals surface area (Å²) >= 11 is 0. The monoisotopic (exact) mass is 237 g/mol. The van der Waals surface area contributed by atoms with E-state index in [1.807, 2.05) is 0 Å². The van der Waals surface area contributed by atoms with E-state index < -0.39 is 0 Å². The Bertz CT molecular complexity index is 317. The second kappa shape index (κ2) is 5.20. The molecule has 2 bridgehead atoms. The van der Waals surface area contributed by atoms with Crippen molar-refractivity contribution in [2.45, 2.75) is 38.3 Å². The Morgan fingerprint density at radius 1 is 1.00 bits per heavy atom. The maximum atomic E-state index is 2.70. The average molecular weight is 238 g/mol. The molecule has 0 spiro atoms. The van der Waals surface area contributed by atoms with Crippen LogP contribution in [0, 0.1) is 5.92 Å². The Kier molecular flexibility index (Phi) is 3.88. The van der Waals surface area contributed by atoms with Gasteiger partial charge in [0, 0.05) is 19.1 Å². The second-order valence-corrected chi connectivity index (χ2v) is 5.09. The molecule has 0 N–H and O–H groups in total. The van der Waals surface area contributed by atoms with Crippen LogP contribution in [-0.4, -0.2) is 17.5 Å². The van der Waals surface area contributed by atoms with Gasteiger partial charge in [0.2, 0.25) is 0 Å². The molecule has 2 heteroatoms. The van der Waals surface area contributed by atoms with Crippen LogP contribution in [0.1, 0.15) is 31.2 Å². The van der Waals surface area contributed by atoms with Crippen molar-refractivity contribution in [3.05, 3.63) is 35.9 Å². The van der Waals surface area contributed by atoms with Crippen molar-refractivity contribution in [2.75, 3.05) is 6.54 Å². The first kappa shape index (κ1) is 11.9. The lowest BCUT2D eigenvalue weighted by molar-refractivity contribution is 0.0426. The fraction of sp³-hybridized carbons (Fsp3) is 0.571. The molecule has 1 saturated carbocycles. The van der Waals surface area contributed by atoms with E-state index in [1.165, 1.54) is 44.3 Å². The molecule has 16 heavy (non-hydrogen) atoms. The van der Waals surface area contributed by atoms with Gasteiger partial charge in [-0.3, -0.25) is 4.90 Å². The van der Waals surface area contributed by atoms with Crippen molar-refractivity contribution in [1.82, 2.24) is 4.90 Å². The average Bonchev–Trinajstić information content (AvgIpc) is 2.32. The van der Waals surface area contributed by atoms with E-state index in [9.17, 15) is 0 Å². The van der Waals surface area contributed by atoms with Crippen molar-refractivity contribution < 1.29 is 0 Å². The van der Waals surface area contributed by atoms with Gasteiger partial charge in [0.05, 0.1) is 0 Å². The third kappa shape index (κ3) is 2.41. The maximum absolute atomic E-state index is 2.70. The standard InChI is InChI=1S/C14H19N.ClH/c1-2-4-12(5-3-1)10-15-11-13-6-8-14(15)9-7-13;/h1-5,13-14H,6-11H2;1H. The van der Waals surface area contributed by atoms with Crippen LogP contribution in [-0.2, 0) is 6.54 Å². The first-order valence-electron chi connectivity index (χ1n) is 6.20. The molecule has 0 aromatic heterocycles. The van der Waals surface area contributed by atoms with Crippen molar-refractivity contribution >= 4 is 12.4 Å². The molecule has 1 aromatic rings. The highest BCUT2D eigenvalue weighted by molar-refractivity contribution is 5.85. The highest BCUT2D eigenvalue weighted by Gasteiger charge is 2.33. The number of fused-ring (bicyclic) bond motifs is 3. The van der Waals surface area contributed by atoms with Crippen LogP contribution < -0.4 is 0 Å². The topological polar surface area (TPSA) is 3.24 Å². The number of benzene rings is 1. The van der Waals surface area contributed by atoms with E-state index in [2.05, 4.69) is 35.2 Å². The van der Waals surface area contributed by atoms with Gasteiger partial charge in [-0.2, -0.15) is 0 Å². The van der Waals surface area contributed by atoms with Crippen molar-refractivity contribution in [1.29, 1.82) is 0 Å². The number of hydrogen-bond acceptors (Lipinski definition) is 1. The summed E-state index contributed by atoms with van der Waals surface area (Å²) in [5.74, 6) is 0.999. The summed E-state index contributed by atoms with van der Waals surface area (Å²) in [4.78, 5) is 2.70. The van der Waals surface area contributed by atoms with Crippen molar-refractivity contribution in [3.8, 4) is 0 Å². The molecular weight excluding hydrogens is 218 g/mol. The largest absolute Gasteiger partial charge is 0.296 e. The van der Waals surface area contributed by atoms with Gasteiger partial charge >= 0.3 is 0 Å². The van der Waals surface area contributed by atoms with E-state index in [0.29, 0.717) is 0 Å². The molecule has 1 nitrogen and oxygen atoms in total. The van der Waals surface area contributed by atoms with E-state index in [4.69, 9.17) is 0 Å². The fourth-order valence-corrected chi connectivity index (χ4v) is 3.18. The molecule has 0 amide bonds. The minimum absolute atomic E-state index is 0. The lowest BCUT2D eigenvalue weighted by atomic mass is 9.80. The van der Waals surface area contributed by atoms with Crippen LogP contribution in [0.25, 0.3) is 0 Å². The van der Waals surface area contributed by atoms with Crippen LogP contribution in [0.2, 0.25) is 0 Å². The normalized spacial score (nSPS) is 28.8. The zero-order chi connectivity index (χ0) is 10.1. The fourth-order valence-electron chi connectivity index (χ4n) is 3.18. The lowest BCUT2D eigenvalue weighted by Gasteiger charge is -2.45. The molecule has 0 radical (unpaired) electrons. The smallest absolute Gasteiger partial charge is 0.0236 e. The van der Waals surface area contributed by atoms with Crippen molar-refractivity contribution in [3.63, 3.8) is 0 Å². The molecular formula is C14H20ClN. The van der Waals surface area contributed by atoms with Gasteiger partial charge < -0.3 is 0 Å². The maximum Gasteiger partial charge on any atom is 0.0236 e. The molecule has 0 atom stereocenters. The van der Waals surface area contributed by atoms with Crippen LogP contribution in [0.3, 0.4) is 0 Å². The summed E-state index contributed by atoms with van der Waals surface area (Å²) in [6.07, 6.45) is 5.85. The molecule has 2 aliphatic heterocycles. The zero-order valence-corrected chi connectivity index (χ0v) is 10.5.